The summed E-state index contributed by atoms with van der Waals surface area (Å²) in [4.78, 5) is 26.8. The Bertz CT molecular complexity index is 668. The molecule has 1 atom stereocenters. The minimum atomic E-state index is -0.730. The minimum Gasteiger partial charge on any atom is -0.481 e. The molecule has 25 heavy (non-hydrogen) atoms. The Morgan fingerprint density at radius 1 is 1.28 bits per heavy atom. The van der Waals surface area contributed by atoms with Crippen molar-refractivity contribution in [3.05, 3.63) is 29.8 Å². The number of hydrogen-bond acceptors (Lipinski definition) is 5. The van der Waals surface area contributed by atoms with Gasteiger partial charge in [0.15, 0.2) is 0 Å². The number of carbonyl (C=O) groups is 2. The number of aliphatic carboxylic acids is 1. The Balaban J connectivity index is 1.56. The van der Waals surface area contributed by atoms with Crippen LogP contribution in [0, 0.1) is 11.3 Å². The molecule has 8 heteroatoms. The summed E-state index contributed by atoms with van der Waals surface area (Å²) in [5.74, 6) is -1.01. The lowest BCUT2D eigenvalue weighted by molar-refractivity contribution is -0.143. The number of hydrogen-bond donors (Lipinski definition) is 3. The molecular weight excluding hydrogens is 324 g/mol. The molecule has 8 nitrogen and oxygen atoms in total. The molecule has 1 aromatic rings. The van der Waals surface area contributed by atoms with Crippen LogP contribution in [0.3, 0.4) is 0 Å². The number of nitrogens with zero attached hydrogens (tertiary/aromatic N) is 2. The van der Waals surface area contributed by atoms with Gasteiger partial charge in [-0.2, -0.15) is 0 Å². The predicted molar refractivity (Wildman–Crippen MR) is 91.9 cm³/mol. The molecule has 0 aliphatic carbocycles. The third kappa shape index (κ3) is 3.90. The van der Waals surface area contributed by atoms with E-state index >= 15 is 0 Å². The molecule has 0 radical (unpaired) electrons. The molecule has 2 aliphatic heterocycles. The number of amidine groups is 1. The van der Waals surface area contributed by atoms with Crippen LogP contribution in [0.2, 0.25) is 0 Å². The van der Waals surface area contributed by atoms with Gasteiger partial charge in [-0.05, 0) is 50.2 Å². The molecule has 2 heterocycles. The lowest BCUT2D eigenvalue weighted by atomic mass is 9.97. The number of nitrogens with one attached hydrogen (secondary N) is 1. The first-order chi connectivity index (χ1) is 11.9. The van der Waals surface area contributed by atoms with Crippen LogP contribution in [0.1, 0.15) is 18.4 Å². The van der Waals surface area contributed by atoms with Gasteiger partial charge in [0.2, 0.25) is 0 Å². The maximum Gasteiger partial charge on any atom is 0.414 e. The Kier molecular flexibility index (Phi) is 4.89. The summed E-state index contributed by atoms with van der Waals surface area (Å²) in [6.45, 7) is 2.48. The van der Waals surface area contributed by atoms with Crippen LogP contribution in [0.15, 0.2) is 24.3 Å². The molecule has 2 aliphatic rings. The standard InChI is InChI=1S/C17H22N4O4/c18-15(19)11-1-3-13(4-2-11)21-10-14(25-17(21)24)9-20-7-5-12(6-8-20)16(22)23/h1-4,12,14H,5-10H2,(H3,18,19)(H,22,23). The highest BCUT2D eigenvalue weighted by molar-refractivity contribution is 5.96. The van der Waals surface area contributed by atoms with Crippen molar-refractivity contribution in [3.8, 4) is 0 Å². The number of nitrogens with two attached hydrogens (primary N) is 1. The summed E-state index contributed by atoms with van der Waals surface area (Å²) < 4.78 is 5.45. The Morgan fingerprint density at radius 2 is 1.92 bits per heavy atom. The van der Waals surface area contributed by atoms with Crippen molar-refractivity contribution in [2.45, 2.75) is 18.9 Å². The van der Waals surface area contributed by atoms with Crippen molar-refractivity contribution in [2.75, 3.05) is 31.1 Å². The van der Waals surface area contributed by atoms with Gasteiger partial charge < -0.3 is 15.6 Å². The summed E-state index contributed by atoms with van der Waals surface area (Å²) >= 11 is 0. The van der Waals surface area contributed by atoms with Crippen molar-refractivity contribution >= 4 is 23.6 Å². The first-order valence-electron chi connectivity index (χ1n) is 8.32. The third-order valence-electron chi connectivity index (χ3n) is 4.76. The fourth-order valence-electron chi connectivity index (χ4n) is 3.30. The zero-order valence-electron chi connectivity index (χ0n) is 13.9. The van der Waals surface area contributed by atoms with E-state index in [9.17, 15) is 9.59 Å². The maximum absolute atomic E-state index is 12.1. The SMILES string of the molecule is N=C(N)c1ccc(N2CC(CN3CCC(C(=O)O)CC3)OC2=O)cc1. The highest BCUT2D eigenvalue weighted by Gasteiger charge is 2.34. The number of cyclic esters (lactones) is 1. The zero-order valence-corrected chi connectivity index (χ0v) is 13.9. The number of piperidine rings is 1. The van der Waals surface area contributed by atoms with Crippen molar-refractivity contribution < 1.29 is 19.4 Å². The average molecular weight is 346 g/mol. The van der Waals surface area contributed by atoms with E-state index in [0.29, 0.717) is 50.3 Å². The molecule has 0 bridgehead atoms. The number of ether oxygens (including phenoxy) is 1. The molecule has 3 rings (SSSR count). The number of benzene rings is 1. The molecule has 1 aromatic carbocycles. The summed E-state index contributed by atoms with van der Waals surface area (Å²) in [6.07, 6.45) is 0.640. The van der Waals surface area contributed by atoms with Gasteiger partial charge in [0.25, 0.3) is 0 Å². The van der Waals surface area contributed by atoms with Crippen molar-refractivity contribution in [3.63, 3.8) is 0 Å². The molecule has 0 aromatic heterocycles. The summed E-state index contributed by atoms with van der Waals surface area (Å²) in [5.41, 5.74) is 6.75. The number of anilines is 1. The summed E-state index contributed by atoms with van der Waals surface area (Å²) in [7, 11) is 0. The Morgan fingerprint density at radius 3 is 2.48 bits per heavy atom. The number of nitrogen functional groups attached to an aromatic ring is 1. The monoisotopic (exact) mass is 346 g/mol. The van der Waals surface area contributed by atoms with Gasteiger partial charge >= 0.3 is 12.1 Å². The van der Waals surface area contributed by atoms with Crippen molar-refractivity contribution in [1.82, 2.24) is 4.90 Å². The summed E-state index contributed by atoms with van der Waals surface area (Å²) in [6, 6.07) is 6.90. The van der Waals surface area contributed by atoms with Gasteiger partial charge in [-0.1, -0.05) is 0 Å². The van der Waals surface area contributed by atoms with Crippen molar-refractivity contribution in [2.24, 2.45) is 11.7 Å². The fraction of sp³-hybridized carbons (Fsp3) is 0.471. The second kappa shape index (κ2) is 7.10. The number of rotatable bonds is 5. The van der Waals surface area contributed by atoms with E-state index < -0.39 is 5.97 Å². The van der Waals surface area contributed by atoms with Crippen LogP contribution in [0.4, 0.5) is 10.5 Å². The predicted octanol–water partition coefficient (Wildman–Crippen LogP) is 1.09. The van der Waals surface area contributed by atoms with E-state index in [-0.39, 0.29) is 24.0 Å². The number of carboxylic acid groups (broad SMARTS) is 1. The number of likely N-dealkylation sites (tertiary alicyclic amines) is 1. The second-order valence-electron chi connectivity index (χ2n) is 6.49. The molecule has 0 saturated carbocycles. The van der Waals surface area contributed by atoms with Crippen LogP contribution in [-0.4, -0.2) is 60.2 Å². The molecule has 2 fully saturated rings. The number of amides is 1. The van der Waals surface area contributed by atoms with Crippen LogP contribution < -0.4 is 10.6 Å². The van der Waals surface area contributed by atoms with E-state index in [4.69, 9.17) is 21.0 Å². The lowest BCUT2D eigenvalue weighted by Crippen LogP contribution is -2.41. The van der Waals surface area contributed by atoms with Gasteiger partial charge in [0.05, 0.1) is 12.5 Å². The van der Waals surface area contributed by atoms with Crippen molar-refractivity contribution in [1.29, 1.82) is 5.41 Å². The molecule has 1 amide bonds. The van der Waals surface area contributed by atoms with Crippen LogP contribution >= 0.6 is 0 Å². The topological polar surface area (TPSA) is 120 Å². The first-order valence-corrected chi connectivity index (χ1v) is 8.32. The number of carbonyl (C=O) groups excluding carboxylic acids is 1. The molecular formula is C17H22N4O4. The zero-order chi connectivity index (χ0) is 18.0. The van der Waals surface area contributed by atoms with E-state index in [1.54, 1.807) is 29.2 Å². The van der Waals surface area contributed by atoms with Gasteiger partial charge in [-0.25, -0.2) is 4.79 Å². The third-order valence-corrected chi connectivity index (χ3v) is 4.76. The first kappa shape index (κ1) is 17.2. The van der Waals surface area contributed by atoms with Crippen LogP contribution in [-0.2, 0) is 9.53 Å². The largest absolute Gasteiger partial charge is 0.481 e. The van der Waals surface area contributed by atoms with Gasteiger partial charge in [-0.3, -0.25) is 20.0 Å². The van der Waals surface area contributed by atoms with Gasteiger partial charge in [0.1, 0.15) is 11.9 Å². The van der Waals surface area contributed by atoms with Gasteiger partial charge in [-0.15, -0.1) is 0 Å². The quantitative estimate of drug-likeness (QED) is 0.542. The Hall–Kier alpha value is -2.61. The van der Waals surface area contributed by atoms with E-state index in [1.165, 1.54) is 0 Å². The summed E-state index contributed by atoms with van der Waals surface area (Å²) in [5, 5.41) is 16.4. The van der Waals surface area contributed by atoms with E-state index in [2.05, 4.69) is 4.90 Å². The molecule has 1 unspecified atom stereocenters. The lowest BCUT2D eigenvalue weighted by Gasteiger charge is -2.31. The van der Waals surface area contributed by atoms with E-state index in [0.717, 1.165) is 0 Å². The average Bonchev–Trinajstić information content (AvgIpc) is 2.95. The van der Waals surface area contributed by atoms with Crippen LogP contribution in [0.25, 0.3) is 0 Å². The minimum absolute atomic E-state index is 0.0156. The maximum atomic E-state index is 12.1. The molecule has 2 saturated heterocycles. The second-order valence-corrected chi connectivity index (χ2v) is 6.49. The van der Waals surface area contributed by atoms with Crippen LogP contribution in [0.5, 0.6) is 0 Å². The highest BCUT2D eigenvalue weighted by atomic mass is 16.6. The van der Waals surface area contributed by atoms with E-state index in [1.807, 2.05) is 0 Å². The fourth-order valence-corrected chi connectivity index (χ4v) is 3.30. The molecule has 4 N–H and O–H groups in total. The molecule has 134 valence electrons. The molecule has 0 spiro atoms. The Labute approximate surface area is 145 Å². The van der Waals surface area contributed by atoms with Gasteiger partial charge in [0, 0.05) is 17.8 Å². The normalized spacial score (nSPS) is 22.0. The number of carboxylic acids is 1. The highest BCUT2D eigenvalue weighted by Crippen LogP contribution is 2.24. The smallest absolute Gasteiger partial charge is 0.414 e.